The maximum Gasteiger partial charge on any atom is 0.327 e. The van der Waals surface area contributed by atoms with Crippen molar-refractivity contribution in [3.05, 3.63) is 0 Å². The highest BCUT2D eigenvalue weighted by atomic mass is 32.2. The summed E-state index contributed by atoms with van der Waals surface area (Å²) in [7, 11) is -4.05. The maximum atomic E-state index is 12.8. The largest absolute Gasteiger partial charge is 0.379 e. The minimum atomic E-state index is -4.05. The Labute approximate surface area is 338 Å². The minimum absolute atomic E-state index is 0.00544. The van der Waals surface area contributed by atoms with Crippen LogP contribution < -0.4 is 16.5 Å². The standard InChI is InChI=1S/C40H82N3O10PS/c1-3-5-7-9-11-13-15-17-19-21-25-51-33-37(43-40(45)24-20-18-16-14-12-10-8-6-4-2)34-55-35-38(41)39(44)23-22-26-49-27-28-50-29-30-53-42-36-52-31-32-54(46,47)48/h37-38,42H,3-36,41H2,1-2H3,(H,43,45)(H2,46,47,48)/t37-,38+/m1/s1. The van der Waals surface area contributed by atoms with Gasteiger partial charge in [-0.1, -0.05) is 123 Å². The highest BCUT2D eigenvalue weighted by Gasteiger charge is 2.17. The second kappa shape index (κ2) is 41.5. The summed E-state index contributed by atoms with van der Waals surface area (Å²) < 4.78 is 32.7. The summed E-state index contributed by atoms with van der Waals surface area (Å²) in [5.41, 5.74) is 8.75. The van der Waals surface area contributed by atoms with Gasteiger partial charge in [-0.15, -0.1) is 0 Å². The first-order valence-electron chi connectivity index (χ1n) is 21.5. The molecule has 13 nitrogen and oxygen atoms in total. The van der Waals surface area contributed by atoms with E-state index in [-0.39, 0.29) is 43.8 Å². The summed E-state index contributed by atoms with van der Waals surface area (Å²) in [5, 5.41) is 3.20. The summed E-state index contributed by atoms with van der Waals surface area (Å²) in [6, 6.07) is -0.675. The first kappa shape index (κ1) is 54.4. The lowest BCUT2D eigenvalue weighted by Crippen LogP contribution is -2.41. The van der Waals surface area contributed by atoms with Gasteiger partial charge in [-0.3, -0.25) is 19.0 Å². The molecule has 55 heavy (non-hydrogen) atoms. The average molecular weight is 828 g/mol. The Morgan fingerprint density at radius 2 is 1.15 bits per heavy atom. The molecular formula is C40H82N3O10PS. The van der Waals surface area contributed by atoms with Crippen LogP contribution in [0.2, 0.25) is 0 Å². The van der Waals surface area contributed by atoms with E-state index in [2.05, 4.69) is 24.6 Å². The van der Waals surface area contributed by atoms with Crippen LogP contribution in [0.1, 0.15) is 155 Å². The van der Waals surface area contributed by atoms with Crippen LogP contribution in [0.15, 0.2) is 0 Å². The van der Waals surface area contributed by atoms with Crippen LogP contribution in [0.25, 0.3) is 0 Å². The Kier molecular flexibility index (Phi) is 41.0. The fraction of sp³-hybridized carbons (Fsp3) is 0.950. The predicted molar refractivity (Wildman–Crippen MR) is 224 cm³/mol. The van der Waals surface area contributed by atoms with Crippen LogP contribution in [-0.4, -0.2) is 111 Å². The van der Waals surface area contributed by atoms with Crippen LogP contribution in [0.4, 0.5) is 0 Å². The number of thioether (sulfide) groups is 1. The number of nitrogens with two attached hydrogens (primary N) is 1. The first-order valence-corrected chi connectivity index (χ1v) is 24.5. The number of nitrogens with one attached hydrogen (secondary N) is 2. The molecule has 0 rings (SSSR count). The van der Waals surface area contributed by atoms with Gasteiger partial charge in [0.05, 0.1) is 57.9 Å². The predicted octanol–water partition coefficient (Wildman–Crippen LogP) is 7.45. The number of rotatable bonds is 45. The van der Waals surface area contributed by atoms with Gasteiger partial charge in [0.15, 0.2) is 0 Å². The molecule has 328 valence electrons. The van der Waals surface area contributed by atoms with Gasteiger partial charge in [-0.2, -0.15) is 17.2 Å². The van der Waals surface area contributed by atoms with Crippen molar-refractivity contribution in [2.45, 2.75) is 167 Å². The molecule has 0 saturated carbocycles. The van der Waals surface area contributed by atoms with E-state index in [0.717, 1.165) is 19.3 Å². The Morgan fingerprint density at radius 3 is 1.75 bits per heavy atom. The van der Waals surface area contributed by atoms with Gasteiger partial charge >= 0.3 is 7.60 Å². The number of hydroxylamine groups is 1. The maximum absolute atomic E-state index is 12.8. The average Bonchev–Trinajstić information content (AvgIpc) is 3.15. The van der Waals surface area contributed by atoms with Crippen LogP contribution in [0, 0.1) is 0 Å². The first-order chi connectivity index (χ1) is 26.7. The molecule has 0 heterocycles. The molecule has 0 aromatic heterocycles. The number of unbranched alkanes of at least 4 members (excludes halogenated alkanes) is 17. The van der Waals surface area contributed by atoms with Gasteiger partial charge in [0.25, 0.3) is 0 Å². The Balaban J connectivity index is 4.19. The number of ether oxygens (including phenoxy) is 4. The van der Waals surface area contributed by atoms with Crippen LogP contribution in [-0.2, 0) is 37.9 Å². The molecule has 6 N–H and O–H groups in total. The second-order valence-electron chi connectivity index (χ2n) is 14.5. The molecule has 0 aromatic carbocycles. The van der Waals surface area contributed by atoms with Gasteiger partial charge < -0.3 is 39.8 Å². The van der Waals surface area contributed by atoms with E-state index in [0.29, 0.717) is 70.4 Å². The van der Waals surface area contributed by atoms with Crippen LogP contribution in [0.3, 0.4) is 0 Å². The molecule has 0 aliphatic carbocycles. The number of hydrogen-bond donors (Lipinski definition) is 5. The van der Waals surface area contributed by atoms with Crippen molar-refractivity contribution >= 4 is 31.0 Å². The number of amides is 1. The molecular weight excluding hydrogens is 745 g/mol. The summed E-state index contributed by atoms with van der Waals surface area (Å²) in [4.78, 5) is 48.0. The smallest absolute Gasteiger partial charge is 0.327 e. The quantitative estimate of drug-likeness (QED) is 0.0177. The lowest BCUT2D eigenvalue weighted by atomic mass is 10.1. The van der Waals surface area contributed by atoms with Crippen molar-refractivity contribution in [2.24, 2.45) is 5.73 Å². The van der Waals surface area contributed by atoms with E-state index in [1.54, 1.807) is 11.8 Å². The molecule has 15 heteroatoms. The highest BCUT2D eigenvalue weighted by Crippen LogP contribution is 2.33. The number of carbonyl (C=O) groups is 2. The third-order valence-electron chi connectivity index (χ3n) is 9.07. The topological polar surface area (TPSA) is 188 Å². The normalized spacial score (nSPS) is 13.0. The van der Waals surface area contributed by atoms with Crippen molar-refractivity contribution < 1.29 is 47.7 Å². The SMILES string of the molecule is CCCCCCCCCCCCOC[C@H](CSC[C@H](N)C(=O)CCCOCCOCCONCOCCP(=O)(O)O)NC(=O)CCCCCCCCCCC. The lowest BCUT2D eigenvalue weighted by molar-refractivity contribution is -0.122. The minimum Gasteiger partial charge on any atom is -0.379 e. The van der Waals surface area contributed by atoms with Gasteiger partial charge in [-0.25, -0.2) is 0 Å². The zero-order valence-corrected chi connectivity index (χ0v) is 36.5. The highest BCUT2D eigenvalue weighted by molar-refractivity contribution is 7.99. The molecule has 0 aromatic rings. The summed E-state index contributed by atoms with van der Waals surface area (Å²) >= 11 is 1.59. The molecule has 0 bridgehead atoms. The zero-order chi connectivity index (χ0) is 40.5. The Bertz CT molecular complexity index is 905. The van der Waals surface area contributed by atoms with E-state index in [1.165, 1.54) is 103 Å². The zero-order valence-electron chi connectivity index (χ0n) is 34.8. The lowest BCUT2D eigenvalue weighted by Gasteiger charge is -2.20. The number of hydrogen-bond acceptors (Lipinski definition) is 11. The molecule has 1 amide bonds. The van der Waals surface area contributed by atoms with Crippen molar-refractivity contribution in [3.63, 3.8) is 0 Å². The number of carbonyl (C=O) groups excluding carboxylic acids is 2. The van der Waals surface area contributed by atoms with Gasteiger partial charge in [0, 0.05) is 37.6 Å². The summed E-state index contributed by atoms with van der Waals surface area (Å²) in [5.74, 6) is 1.23. The van der Waals surface area contributed by atoms with Crippen molar-refractivity contribution in [2.75, 3.05) is 77.3 Å². The third kappa shape index (κ3) is 42.8. The Hall–Kier alpha value is -0.640. The monoisotopic (exact) mass is 828 g/mol. The number of Topliss-reactive ketones (excluding diaryl/α,β-unsaturated/α-hetero) is 1. The van der Waals surface area contributed by atoms with E-state index in [4.69, 9.17) is 39.3 Å². The third-order valence-corrected chi connectivity index (χ3v) is 11.1. The molecule has 2 atom stereocenters. The molecule has 0 fully saturated rings. The van der Waals surface area contributed by atoms with Gasteiger partial charge in [-0.05, 0) is 19.3 Å². The fourth-order valence-corrected chi connectivity index (χ4v) is 7.15. The van der Waals surface area contributed by atoms with Crippen molar-refractivity contribution in [1.29, 1.82) is 0 Å². The van der Waals surface area contributed by atoms with E-state index in [9.17, 15) is 14.2 Å². The molecule has 0 aliphatic heterocycles. The van der Waals surface area contributed by atoms with Gasteiger partial charge in [0.2, 0.25) is 5.91 Å². The van der Waals surface area contributed by atoms with Crippen molar-refractivity contribution in [1.82, 2.24) is 10.8 Å². The van der Waals surface area contributed by atoms with Crippen LogP contribution >= 0.6 is 19.4 Å². The van der Waals surface area contributed by atoms with E-state index < -0.39 is 13.6 Å². The second-order valence-corrected chi connectivity index (χ2v) is 17.3. The molecule has 0 unspecified atom stereocenters. The van der Waals surface area contributed by atoms with Crippen molar-refractivity contribution in [3.8, 4) is 0 Å². The molecule has 0 aliphatic rings. The van der Waals surface area contributed by atoms with Gasteiger partial charge in [0.1, 0.15) is 12.5 Å². The van der Waals surface area contributed by atoms with E-state index in [1.807, 2.05) is 0 Å². The Morgan fingerprint density at radius 1 is 0.618 bits per heavy atom. The fourth-order valence-electron chi connectivity index (χ4n) is 5.74. The number of ketones is 1. The molecule has 0 spiro atoms. The molecule has 0 saturated heterocycles. The molecule has 0 radical (unpaired) electrons. The summed E-state index contributed by atoms with van der Waals surface area (Å²) in [6.07, 6.45) is 24.9. The van der Waals surface area contributed by atoms with Crippen LogP contribution in [0.5, 0.6) is 0 Å². The summed E-state index contributed by atoms with van der Waals surface area (Å²) in [6.45, 7) is 7.42. The van der Waals surface area contributed by atoms with E-state index >= 15 is 0 Å².